The Morgan fingerprint density at radius 2 is 1.95 bits per heavy atom. The maximum Gasteiger partial charge on any atom is 0.103 e. The lowest BCUT2D eigenvalue weighted by Gasteiger charge is -2.27. The molecule has 122 valence electrons. The summed E-state index contributed by atoms with van der Waals surface area (Å²) in [5.74, 6) is 0.841. The first-order valence-corrected chi connectivity index (χ1v) is 8.69. The first-order valence-electron chi connectivity index (χ1n) is 8.69. The molecule has 0 bridgehead atoms. The molecular formula is C18H35N3. The van der Waals surface area contributed by atoms with Gasteiger partial charge < -0.3 is 4.90 Å². The second-order valence-corrected chi connectivity index (χ2v) is 7.98. The number of nitrogens with zero attached hydrogens (tertiary/aromatic N) is 2. The van der Waals surface area contributed by atoms with Crippen LogP contribution in [-0.4, -0.2) is 36.6 Å². The molecule has 1 aliphatic heterocycles. The highest BCUT2D eigenvalue weighted by Crippen LogP contribution is 2.33. The predicted octanol–water partition coefficient (Wildman–Crippen LogP) is 3.81. The fourth-order valence-electron chi connectivity index (χ4n) is 3.14. The lowest BCUT2D eigenvalue weighted by Crippen LogP contribution is -2.41. The fourth-order valence-corrected chi connectivity index (χ4v) is 3.14. The average molecular weight is 293 g/mol. The molecule has 21 heavy (non-hydrogen) atoms. The van der Waals surface area contributed by atoms with Crippen LogP contribution in [0.5, 0.6) is 0 Å². The lowest BCUT2D eigenvalue weighted by molar-refractivity contribution is 0.226. The summed E-state index contributed by atoms with van der Waals surface area (Å²) in [4.78, 5) is 2.61. The van der Waals surface area contributed by atoms with Gasteiger partial charge in [-0.2, -0.15) is 5.26 Å². The topological polar surface area (TPSA) is 39.1 Å². The smallest absolute Gasteiger partial charge is 0.103 e. The molecule has 0 amide bonds. The number of likely N-dealkylation sites (tertiary alicyclic amines) is 1. The molecule has 0 aromatic carbocycles. The van der Waals surface area contributed by atoms with E-state index in [1.807, 2.05) is 6.92 Å². The molecule has 1 rings (SSSR count). The molecule has 1 aliphatic rings. The van der Waals surface area contributed by atoms with Gasteiger partial charge in [-0.15, -0.1) is 0 Å². The lowest BCUT2D eigenvalue weighted by atomic mass is 9.80. The van der Waals surface area contributed by atoms with Gasteiger partial charge in [-0.25, -0.2) is 0 Å². The Balaban J connectivity index is 2.21. The van der Waals surface area contributed by atoms with Crippen molar-refractivity contribution in [1.82, 2.24) is 10.2 Å². The van der Waals surface area contributed by atoms with E-state index in [1.54, 1.807) is 0 Å². The van der Waals surface area contributed by atoms with Crippen molar-refractivity contribution in [1.29, 1.82) is 5.26 Å². The van der Waals surface area contributed by atoms with Gasteiger partial charge in [0.2, 0.25) is 0 Å². The summed E-state index contributed by atoms with van der Waals surface area (Å²) in [5.41, 5.74) is 0.104. The van der Waals surface area contributed by atoms with E-state index in [-0.39, 0.29) is 5.54 Å². The van der Waals surface area contributed by atoms with Crippen LogP contribution in [0.1, 0.15) is 66.7 Å². The standard InChI is InChI=1S/C18H35N3/c1-6-11-20-18(5,15-19)10-7-8-12-21-13-9-16(14-21)17(2,3)4/h16,20H,6-14H2,1-5H3. The van der Waals surface area contributed by atoms with Crippen molar-refractivity contribution >= 4 is 0 Å². The van der Waals surface area contributed by atoms with E-state index in [0.29, 0.717) is 5.41 Å². The predicted molar refractivity (Wildman–Crippen MR) is 90.2 cm³/mol. The summed E-state index contributed by atoms with van der Waals surface area (Å²) in [6.45, 7) is 15.9. The zero-order valence-corrected chi connectivity index (χ0v) is 14.8. The minimum atomic E-state index is -0.338. The molecule has 1 heterocycles. The van der Waals surface area contributed by atoms with Gasteiger partial charge in [0.05, 0.1) is 6.07 Å². The largest absolute Gasteiger partial charge is 0.303 e. The number of rotatable bonds is 8. The van der Waals surface area contributed by atoms with Gasteiger partial charge in [0, 0.05) is 6.54 Å². The van der Waals surface area contributed by atoms with E-state index in [9.17, 15) is 5.26 Å². The quantitative estimate of drug-likeness (QED) is 0.692. The molecule has 0 aliphatic carbocycles. The first kappa shape index (κ1) is 18.5. The second-order valence-electron chi connectivity index (χ2n) is 7.98. The minimum Gasteiger partial charge on any atom is -0.303 e. The van der Waals surface area contributed by atoms with Crippen LogP contribution < -0.4 is 5.32 Å². The molecule has 1 N–H and O–H groups in total. The monoisotopic (exact) mass is 293 g/mol. The minimum absolute atomic E-state index is 0.338. The third-order valence-electron chi connectivity index (χ3n) is 4.91. The normalized spacial score (nSPS) is 23.0. The second kappa shape index (κ2) is 8.15. The van der Waals surface area contributed by atoms with E-state index < -0.39 is 0 Å². The molecule has 0 saturated carbocycles. The molecular weight excluding hydrogens is 258 g/mol. The van der Waals surface area contributed by atoms with Gasteiger partial charge in [0.25, 0.3) is 0 Å². The zero-order valence-electron chi connectivity index (χ0n) is 14.8. The number of nitriles is 1. The zero-order chi connectivity index (χ0) is 15.9. The fraction of sp³-hybridized carbons (Fsp3) is 0.944. The van der Waals surface area contributed by atoms with E-state index in [4.69, 9.17) is 0 Å². The van der Waals surface area contributed by atoms with Gasteiger partial charge in [0.1, 0.15) is 5.54 Å². The Labute approximate surface area is 132 Å². The molecule has 1 saturated heterocycles. The van der Waals surface area contributed by atoms with E-state index in [1.165, 1.54) is 32.5 Å². The van der Waals surface area contributed by atoms with Gasteiger partial charge in [-0.05, 0) is 70.0 Å². The van der Waals surface area contributed by atoms with E-state index >= 15 is 0 Å². The maximum atomic E-state index is 9.32. The van der Waals surface area contributed by atoms with Crippen LogP contribution in [0.25, 0.3) is 0 Å². The Morgan fingerprint density at radius 3 is 2.48 bits per heavy atom. The average Bonchev–Trinajstić information content (AvgIpc) is 2.90. The SMILES string of the molecule is CCCNC(C)(C#N)CCCCN1CCC(C(C)(C)C)C1. The molecule has 0 spiro atoms. The van der Waals surface area contributed by atoms with Crippen molar-refractivity contribution in [3.63, 3.8) is 0 Å². The summed E-state index contributed by atoms with van der Waals surface area (Å²) < 4.78 is 0. The van der Waals surface area contributed by atoms with Gasteiger partial charge in [-0.1, -0.05) is 27.7 Å². The van der Waals surface area contributed by atoms with Gasteiger partial charge in [-0.3, -0.25) is 5.32 Å². The highest BCUT2D eigenvalue weighted by atomic mass is 15.1. The summed E-state index contributed by atoms with van der Waals surface area (Å²) in [6.07, 6.45) is 5.73. The summed E-state index contributed by atoms with van der Waals surface area (Å²) >= 11 is 0. The summed E-state index contributed by atoms with van der Waals surface area (Å²) in [7, 11) is 0. The Hall–Kier alpha value is -0.590. The number of hydrogen-bond acceptors (Lipinski definition) is 3. The van der Waals surface area contributed by atoms with Crippen LogP contribution in [0.2, 0.25) is 0 Å². The highest BCUT2D eigenvalue weighted by molar-refractivity contribution is 5.03. The Kier molecular flexibility index (Phi) is 7.16. The van der Waals surface area contributed by atoms with Gasteiger partial charge in [0.15, 0.2) is 0 Å². The molecule has 0 aromatic rings. The maximum absolute atomic E-state index is 9.32. The van der Waals surface area contributed by atoms with Crippen molar-refractivity contribution in [2.45, 2.75) is 72.3 Å². The van der Waals surface area contributed by atoms with Crippen molar-refractivity contribution in [3.05, 3.63) is 0 Å². The Bertz CT molecular complexity index is 339. The molecule has 2 unspecified atom stereocenters. The van der Waals surface area contributed by atoms with Crippen molar-refractivity contribution in [2.75, 3.05) is 26.2 Å². The number of nitrogens with one attached hydrogen (secondary N) is 1. The van der Waals surface area contributed by atoms with Crippen LogP contribution in [0, 0.1) is 22.7 Å². The van der Waals surface area contributed by atoms with E-state index in [2.05, 4.69) is 44.0 Å². The van der Waals surface area contributed by atoms with Crippen LogP contribution in [0.4, 0.5) is 0 Å². The number of hydrogen-bond donors (Lipinski definition) is 1. The van der Waals surface area contributed by atoms with E-state index in [0.717, 1.165) is 31.7 Å². The van der Waals surface area contributed by atoms with Crippen molar-refractivity contribution in [3.8, 4) is 6.07 Å². The third kappa shape index (κ3) is 6.36. The molecule has 2 atom stereocenters. The molecule has 0 radical (unpaired) electrons. The molecule has 0 aromatic heterocycles. The number of unbranched alkanes of at least 4 members (excludes halogenated alkanes) is 1. The first-order chi connectivity index (χ1) is 9.80. The van der Waals surface area contributed by atoms with Crippen LogP contribution in [0.15, 0.2) is 0 Å². The van der Waals surface area contributed by atoms with Gasteiger partial charge >= 0.3 is 0 Å². The summed E-state index contributed by atoms with van der Waals surface area (Å²) in [6, 6.07) is 2.44. The molecule has 3 nitrogen and oxygen atoms in total. The third-order valence-corrected chi connectivity index (χ3v) is 4.91. The van der Waals surface area contributed by atoms with Crippen LogP contribution in [-0.2, 0) is 0 Å². The highest BCUT2D eigenvalue weighted by Gasteiger charge is 2.31. The Morgan fingerprint density at radius 1 is 1.24 bits per heavy atom. The molecule has 3 heteroatoms. The summed E-state index contributed by atoms with van der Waals surface area (Å²) in [5, 5.41) is 12.7. The van der Waals surface area contributed by atoms with Crippen molar-refractivity contribution < 1.29 is 0 Å². The van der Waals surface area contributed by atoms with Crippen LogP contribution in [0.3, 0.4) is 0 Å². The van der Waals surface area contributed by atoms with Crippen LogP contribution >= 0.6 is 0 Å². The van der Waals surface area contributed by atoms with Crippen molar-refractivity contribution in [2.24, 2.45) is 11.3 Å². The molecule has 1 fully saturated rings.